The van der Waals surface area contributed by atoms with E-state index < -0.39 is 9.84 Å². The summed E-state index contributed by atoms with van der Waals surface area (Å²) in [5, 5.41) is 4.77. The summed E-state index contributed by atoms with van der Waals surface area (Å²) in [5.41, 5.74) is 1.80. The highest BCUT2D eigenvalue weighted by molar-refractivity contribution is 7.91. The van der Waals surface area contributed by atoms with Crippen molar-refractivity contribution in [2.75, 3.05) is 0 Å². The van der Waals surface area contributed by atoms with Crippen LogP contribution in [0.3, 0.4) is 0 Å². The Bertz CT molecular complexity index is 1330. The minimum atomic E-state index is -3.64. The average Bonchev–Trinajstić information content (AvgIpc) is 2.77. The molecule has 2 aromatic heterocycles. The lowest BCUT2D eigenvalue weighted by Crippen LogP contribution is -2.22. The minimum Gasteiger partial charge on any atom is -0.348 e. The van der Waals surface area contributed by atoms with Gasteiger partial charge in [0.2, 0.25) is 9.84 Å². The summed E-state index contributed by atoms with van der Waals surface area (Å²) in [6.45, 7) is 1.95. The zero-order valence-corrected chi connectivity index (χ0v) is 17.1. The molecule has 0 bridgehead atoms. The van der Waals surface area contributed by atoms with Crippen LogP contribution in [0.15, 0.2) is 89.0 Å². The maximum absolute atomic E-state index is 12.8. The van der Waals surface area contributed by atoms with Crippen LogP contribution in [0.5, 0.6) is 0 Å². The molecule has 1 N–H and O–H groups in total. The Kier molecular flexibility index (Phi) is 5.29. The lowest BCUT2D eigenvalue weighted by molar-refractivity contribution is 0.0951. The molecule has 30 heavy (non-hydrogen) atoms. The van der Waals surface area contributed by atoms with E-state index in [1.165, 1.54) is 0 Å². The van der Waals surface area contributed by atoms with E-state index in [4.69, 9.17) is 0 Å². The van der Waals surface area contributed by atoms with Gasteiger partial charge in [0.1, 0.15) is 0 Å². The molecule has 4 rings (SSSR count). The molecule has 0 aliphatic heterocycles. The van der Waals surface area contributed by atoms with Gasteiger partial charge in [-0.25, -0.2) is 8.42 Å². The molecule has 150 valence electrons. The summed E-state index contributed by atoms with van der Waals surface area (Å²) < 4.78 is 25.6. The number of aromatic nitrogens is 2. The van der Waals surface area contributed by atoms with Crippen molar-refractivity contribution in [2.45, 2.75) is 23.3 Å². The summed E-state index contributed by atoms with van der Waals surface area (Å²) in [7, 11) is -3.64. The highest BCUT2D eigenvalue weighted by atomic mass is 32.2. The zero-order chi connectivity index (χ0) is 21.1. The Labute approximate surface area is 174 Å². The summed E-state index contributed by atoms with van der Waals surface area (Å²) in [4.78, 5) is 21.0. The molecule has 0 aliphatic carbocycles. The first-order valence-corrected chi connectivity index (χ1v) is 10.8. The van der Waals surface area contributed by atoms with E-state index in [0.717, 1.165) is 16.3 Å². The predicted molar refractivity (Wildman–Crippen MR) is 114 cm³/mol. The maximum atomic E-state index is 12.8. The van der Waals surface area contributed by atoms with E-state index in [9.17, 15) is 13.2 Å². The molecule has 0 fully saturated rings. The van der Waals surface area contributed by atoms with Crippen molar-refractivity contribution < 1.29 is 13.2 Å². The summed E-state index contributed by atoms with van der Waals surface area (Å²) in [5.74, 6) is -0.205. The predicted octanol–water partition coefficient (Wildman–Crippen LogP) is 3.70. The first kappa shape index (κ1) is 19.7. The van der Waals surface area contributed by atoms with E-state index in [-0.39, 0.29) is 22.2 Å². The van der Waals surface area contributed by atoms with Crippen LogP contribution in [0.4, 0.5) is 0 Å². The number of aryl methyl sites for hydroxylation is 1. The average molecular weight is 417 g/mol. The lowest BCUT2D eigenvalue weighted by atomic mass is 10.1. The molecular weight excluding hydrogens is 398 g/mol. The molecule has 6 nitrogen and oxygen atoms in total. The van der Waals surface area contributed by atoms with Crippen LogP contribution in [0.1, 0.15) is 21.6 Å². The fourth-order valence-electron chi connectivity index (χ4n) is 3.18. The van der Waals surface area contributed by atoms with Gasteiger partial charge in [0.15, 0.2) is 0 Å². The first-order valence-electron chi connectivity index (χ1n) is 9.33. The van der Waals surface area contributed by atoms with Crippen molar-refractivity contribution in [1.82, 2.24) is 15.3 Å². The number of sulfone groups is 1. The smallest absolute Gasteiger partial charge is 0.251 e. The highest BCUT2D eigenvalue weighted by Gasteiger charge is 2.20. The Morgan fingerprint density at radius 1 is 0.967 bits per heavy atom. The van der Waals surface area contributed by atoms with Crippen LogP contribution < -0.4 is 5.32 Å². The molecule has 1 amide bonds. The third-order valence-corrected chi connectivity index (χ3v) is 6.74. The lowest BCUT2D eigenvalue weighted by Gasteiger charge is -2.09. The fraction of sp³-hybridized carbons (Fsp3) is 0.0870. The van der Waals surface area contributed by atoms with Gasteiger partial charge in [-0.15, -0.1) is 0 Å². The number of hydrogen-bond acceptors (Lipinski definition) is 5. The van der Waals surface area contributed by atoms with Crippen molar-refractivity contribution in [3.05, 3.63) is 96.1 Å². The molecular formula is C23H19N3O3S. The van der Waals surface area contributed by atoms with E-state index in [0.29, 0.717) is 11.3 Å². The summed E-state index contributed by atoms with van der Waals surface area (Å²) in [6.07, 6.45) is 4.99. The normalized spacial score (nSPS) is 11.4. The summed E-state index contributed by atoms with van der Waals surface area (Å²) in [6, 6.07) is 17.0. The van der Waals surface area contributed by atoms with Crippen LogP contribution in [0, 0.1) is 6.92 Å². The van der Waals surface area contributed by atoms with E-state index >= 15 is 0 Å². The maximum Gasteiger partial charge on any atom is 0.251 e. The van der Waals surface area contributed by atoms with Gasteiger partial charge < -0.3 is 5.32 Å². The number of benzene rings is 2. The Morgan fingerprint density at radius 3 is 2.53 bits per heavy atom. The second-order valence-electron chi connectivity index (χ2n) is 6.85. The third kappa shape index (κ3) is 3.92. The third-order valence-electron chi connectivity index (χ3n) is 4.84. The molecule has 2 heterocycles. The van der Waals surface area contributed by atoms with Crippen molar-refractivity contribution in [1.29, 1.82) is 0 Å². The van der Waals surface area contributed by atoms with Gasteiger partial charge in [-0.05, 0) is 60.3 Å². The molecule has 0 aliphatic rings. The number of pyridine rings is 2. The number of carbonyl (C=O) groups is 1. The molecule has 0 spiro atoms. The Balaban J connectivity index is 1.47. The van der Waals surface area contributed by atoms with Gasteiger partial charge in [-0.2, -0.15) is 0 Å². The molecule has 4 aromatic rings. The number of hydrogen-bond donors (Lipinski definition) is 1. The Hall–Kier alpha value is -3.58. The van der Waals surface area contributed by atoms with Crippen molar-refractivity contribution >= 4 is 26.5 Å². The van der Waals surface area contributed by atoms with Gasteiger partial charge in [0.05, 0.1) is 15.5 Å². The Morgan fingerprint density at radius 2 is 1.77 bits per heavy atom. The van der Waals surface area contributed by atoms with Gasteiger partial charge >= 0.3 is 0 Å². The van der Waals surface area contributed by atoms with Crippen molar-refractivity contribution in [3.63, 3.8) is 0 Å². The molecule has 2 aromatic carbocycles. The second-order valence-corrected chi connectivity index (χ2v) is 8.77. The van der Waals surface area contributed by atoms with Gasteiger partial charge in [0, 0.05) is 36.1 Å². The zero-order valence-electron chi connectivity index (χ0n) is 16.2. The number of carbonyl (C=O) groups excluding carboxylic acids is 1. The molecule has 0 atom stereocenters. The van der Waals surface area contributed by atoms with Crippen LogP contribution in [-0.4, -0.2) is 24.3 Å². The number of rotatable bonds is 5. The monoisotopic (exact) mass is 417 g/mol. The number of fused-ring (bicyclic) bond motifs is 1. The van der Waals surface area contributed by atoms with Gasteiger partial charge in [-0.1, -0.05) is 18.2 Å². The van der Waals surface area contributed by atoms with Crippen LogP contribution in [0.25, 0.3) is 10.8 Å². The van der Waals surface area contributed by atoms with Crippen LogP contribution in [-0.2, 0) is 16.4 Å². The SMILES string of the molecule is Cc1ncccc1S(=O)(=O)c1ccc(CNC(=O)c2ccc3ccncc3c2)cc1. The number of nitrogens with zero attached hydrogens (tertiary/aromatic N) is 2. The van der Waals surface area contributed by atoms with E-state index in [2.05, 4.69) is 15.3 Å². The molecule has 7 heteroatoms. The van der Waals surface area contributed by atoms with Crippen molar-refractivity contribution in [3.8, 4) is 0 Å². The highest BCUT2D eigenvalue weighted by Crippen LogP contribution is 2.23. The fourth-order valence-corrected chi connectivity index (χ4v) is 4.63. The largest absolute Gasteiger partial charge is 0.348 e. The van der Waals surface area contributed by atoms with Crippen LogP contribution in [0.2, 0.25) is 0 Å². The summed E-state index contributed by atoms with van der Waals surface area (Å²) >= 11 is 0. The van der Waals surface area contributed by atoms with Crippen LogP contribution >= 0.6 is 0 Å². The van der Waals surface area contributed by atoms with E-state index in [1.54, 1.807) is 74.0 Å². The molecule has 0 unspecified atom stereocenters. The molecule has 0 radical (unpaired) electrons. The number of amides is 1. The second kappa shape index (κ2) is 8.04. The quantitative estimate of drug-likeness (QED) is 0.535. The standard InChI is InChI=1S/C23H19N3O3S/c1-16-22(3-2-11-25-16)30(28,29)21-8-4-17(5-9-21)14-26-23(27)19-7-6-18-10-12-24-15-20(18)13-19/h2-13,15H,14H2,1H3,(H,26,27). The van der Waals surface area contributed by atoms with Gasteiger partial charge in [0.25, 0.3) is 5.91 Å². The minimum absolute atomic E-state index is 0.190. The van der Waals surface area contributed by atoms with Gasteiger partial charge in [-0.3, -0.25) is 14.8 Å². The number of nitrogens with one attached hydrogen (secondary N) is 1. The topological polar surface area (TPSA) is 89.0 Å². The van der Waals surface area contributed by atoms with Crippen molar-refractivity contribution in [2.24, 2.45) is 0 Å². The first-order chi connectivity index (χ1) is 14.4. The molecule has 0 saturated carbocycles. The molecule has 0 saturated heterocycles. The van der Waals surface area contributed by atoms with E-state index in [1.807, 2.05) is 12.1 Å².